The van der Waals surface area contributed by atoms with Gasteiger partial charge in [-0.2, -0.15) is 0 Å². The van der Waals surface area contributed by atoms with E-state index in [0.29, 0.717) is 6.61 Å². The Balaban J connectivity index is 2.42. The van der Waals surface area contributed by atoms with Crippen LogP contribution in [0.2, 0.25) is 0 Å². The summed E-state index contributed by atoms with van der Waals surface area (Å²) in [6.07, 6.45) is 0.0621. The van der Waals surface area contributed by atoms with Crippen molar-refractivity contribution in [3.8, 4) is 5.75 Å². The van der Waals surface area contributed by atoms with Gasteiger partial charge < -0.3 is 14.6 Å². The van der Waals surface area contributed by atoms with Crippen LogP contribution in [0.25, 0.3) is 0 Å². The van der Waals surface area contributed by atoms with Crippen LogP contribution in [0.1, 0.15) is 19.4 Å². The maximum Gasteiger partial charge on any atom is 0.118 e. The van der Waals surface area contributed by atoms with E-state index in [0.717, 1.165) is 11.3 Å². The van der Waals surface area contributed by atoms with Crippen molar-refractivity contribution >= 4 is 0 Å². The van der Waals surface area contributed by atoms with Crippen molar-refractivity contribution in [2.45, 2.75) is 26.6 Å². The summed E-state index contributed by atoms with van der Waals surface area (Å²) in [4.78, 5) is 0. The van der Waals surface area contributed by atoms with Crippen molar-refractivity contribution in [3.05, 3.63) is 29.8 Å². The topological polar surface area (TPSA) is 38.7 Å². The molecule has 2 atom stereocenters. The maximum atomic E-state index is 8.97. The van der Waals surface area contributed by atoms with Gasteiger partial charge in [-0.25, -0.2) is 0 Å². The molecular weight excluding hydrogens is 204 g/mol. The lowest BCUT2D eigenvalue weighted by atomic mass is 10.1. The molecule has 0 amide bonds. The van der Waals surface area contributed by atoms with E-state index < -0.39 is 0 Å². The molecule has 1 N–H and O–H groups in total. The number of ether oxygens (including phenoxy) is 2. The van der Waals surface area contributed by atoms with E-state index in [9.17, 15) is 0 Å². The van der Waals surface area contributed by atoms with Crippen LogP contribution < -0.4 is 4.74 Å². The second kappa shape index (κ2) is 6.51. The Labute approximate surface area is 97.0 Å². The first-order valence-corrected chi connectivity index (χ1v) is 5.52. The SMILES string of the molecule is COc1ccc(COC(C)[C@@H](C)CO)cc1. The van der Waals surface area contributed by atoms with E-state index in [1.54, 1.807) is 7.11 Å². The molecule has 0 radical (unpaired) electrons. The molecule has 0 saturated carbocycles. The number of rotatable bonds is 6. The van der Waals surface area contributed by atoms with Crippen LogP contribution in [0.5, 0.6) is 5.75 Å². The summed E-state index contributed by atoms with van der Waals surface area (Å²) in [7, 11) is 1.65. The van der Waals surface area contributed by atoms with Crippen molar-refractivity contribution in [3.63, 3.8) is 0 Å². The van der Waals surface area contributed by atoms with Gasteiger partial charge in [0.25, 0.3) is 0 Å². The average Bonchev–Trinajstić information content (AvgIpc) is 2.35. The molecule has 1 aromatic rings. The van der Waals surface area contributed by atoms with Crippen LogP contribution in [0.3, 0.4) is 0 Å². The minimum atomic E-state index is 0.0621. The molecular formula is C13H20O3. The Bertz CT molecular complexity index is 295. The Morgan fingerprint density at radius 3 is 2.31 bits per heavy atom. The van der Waals surface area contributed by atoms with Crippen LogP contribution >= 0.6 is 0 Å². The molecule has 0 fully saturated rings. The third-order valence-corrected chi connectivity index (χ3v) is 2.76. The minimum Gasteiger partial charge on any atom is -0.497 e. The highest BCUT2D eigenvalue weighted by Gasteiger charge is 2.11. The Morgan fingerprint density at radius 2 is 1.81 bits per heavy atom. The Morgan fingerprint density at radius 1 is 1.19 bits per heavy atom. The number of methoxy groups -OCH3 is 1. The summed E-state index contributed by atoms with van der Waals surface area (Å²) in [5.41, 5.74) is 1.11. The second-order valence-electron chi connectivity index (χ2n) is 4.02. The number of hydrogen-bond donors (Lipinski definition) is 1. The van der Waals surface area contributed by atoms with Gasteiger partial charge >= 0.3 is 0 Å². The van der Waals surface area contributed by atoms with Gasteiger partial charge in [-0.1, -0.05) is 19.1 Å². The predicted molar refractivity (Wildman–Crippen MR) is 63.5 cm³/mol. The fraction of sp³-hybridized carbons (Fsp3) is 0.538. The number of hydrogen-bond acceptors (Lipinski definition) is 3. The quantitative estimate of drug-likeness (QED) is 0.805. The van der Waals surface area contributed by atoms with Crippen LogP contribution in [0.4, 0.5) is 0 Å². The molecule has 0 heterocycles. The zero-order valence-electron chi connectivity index (χ0n) is 10.1. The molecule has 1 aromatic carbocycles. The first-order chi connectivity index (χ1) is 7.67. The van der Waals surface area contributed by atoms with Gasteiger partial charge in [-0.05, 0) is 24.6 Å². The summed E-state index contributed by atoms with van der Waals surface area (Å²) in [5.74, 6) is 1.01. The monoisotopic (exact) mass is 224 g/mol. The fourth-order valence-electron chi connectivity index (χ4n) is 1.26. The van der Waals surface area contributed by atoms with Gasteiger partial charge in [-0.15, -0.1) is 0 Å². The normalized spacial score (nSPS) is 14.5. The first kappa shape index (κ1) is 13.0. The molecule has 0 aliphatic rings. The van der Waals surface area contributed by atoms with E-state index in [4.69, 9.17) is 14.6 Å². The van der Waals surface area contributed by atoms with Crippen molar-refractivity contribution in [1.82, 2.24) is 0 Å². The molecule has 1 unspecified atom stereocenters. The summed E-state index contributed by atoms with van der Waals surface area (Å²) in [6, 6.07) is 7.79. The van der Waals surface area contributed by atoms with Crippen LogP contribution in [-0.2, 0) is 11.3 Å². The standard InChI is InChI=1S/C13H20O3/c1-10(8-14)11(2)16-9-12-4-6-13(15-3)7-5-12/h4-7,10-11,14H,8-9H2,1-3H3/t10-,11?/m0/s1. The van der Waals surface area contributed by atoms with Crippen molar-refractivity contribution < 1.29 is 14.6 Å². The Kier molecular flexibility index (Phi) is 5.29. The lowest BCUT2D eigenvalue weighted by molar-refractivity contribution is 0.00152. The lowest BCUT2D eigenvalue weighted by Gasteiger charge is -2.18. The zero-order valence-corrected chi connectivity index (χ0v) is 10.1. The lowest BCUT2D eigenvalue weighted by Crippen LogP contribution is -2.20. The van der Waals surface area contributed by atoms with Gasteiger partial charge in [0.1, 0.15) is 5.75 Å². The highest BCUT2D eigenvalue weighted by Crippen LogP contribution is 2.14. The molecule has 0 bridgehead atoms. The second-order valence-corrected chi connectivity index (χ2v) is 4.02. The van der Waals surface area contributed by atoms with Gasteiger partial charge in [0.05, 0.1) is 19.8 Å². The summed E-state index contributed by atoms with van der Waals surface area (Å²) in [5, 5.41) is 8.97. The van der Waals surface area contributed by atoms with Crippen molar-refractivity contribution in [1.29, 1.82) is 0 Å². The van der Waals surface area contributed by atoms with Gasteiger partial charge in [-0.3, -0.25) is 0 Å². The largest absolute Gasteiger partial charge is 0.497 e. The molecule has 16 heavy (non-hydrogen) atoms. The number of benzene rings is 1. The fourth-order valence-corrected chi connectivity index (χ4v) is 1.26. The van der Waals surface area contributed by atoms with E-state index >= 15 is 0 Å². The first-order valence-electron chi connectivity index (χ1n) is 5.52. The molecule has 0 aliphatic carbocycles. The summed E-state index contributed by atoms with van der Waals surface area (Å²) >= 11 is 0. The summed E-state index contributed by atoms with van der Waals surface area (Å²) < 4.78 is 10.7. The van der Waals surface area contributed by atoms with E-state index in [1.807, 2.05) is 38.1 Å². The average molecular weight is 224 g/mol. The van der Waals surface area contributed by atoms with Crippen LogP contribution in [-0.4, -0.2) is 24.9 Å². The van der Waals surface area contributed by atoms with Crippen molar-refractivity contribution in [2.24, 2.45) is 5.92 Å². The smallest absolute Gasteiger partial charge is 0.118 e. The molecule has 0 spiro atoms. The molecule has 0 saturated heterocycles. The molecule has 3 nitrogen and oxygen atoms in total. The van der Waals surface area contributed by atoms with Crippen molar-refractivity contribution in [2.75, 3.05) is 13.7 Å². The zero-order chi connectivity index (χ0) is 12.0. The number of aliphatic hydroxyl groups is 1. The summed E-state index contributed by atoms with van der Waals surface area (Å²) in [6.45, 7) is 4.67. The minimum absolute atomic E-state index is 0.0621. The third kappa shape index (κ3) is 3.83. The van der Waals surface area contributed by atoms with Crippen LogP contribution in [0, 0.1) is 5.92 Å². The van der Waals surface area contributed by atoms with E-state index in [-0.39, 0.29) is 18.6 Å². The molecule has 0 aliphatic heterocycles. The number of aliphatic hydroxyl groups excluding tert-OH is 1. The van der Waals surface area contributed by atoms with Crippen LogP contribution in [0.15, 0.2) is 24.3 Å². The molecule has 1 rings (SSSR count). The predicted octanol–water partition coefficient (Wildman–Crippen LogP) is 2.23. The Hall–Kier alpha value is -1.06. The maximum absolute atomic E-state index is 8.97. The van der Waals surface area contributed by atoms with E-state index in [1.165, 1.54) is 0 Å². The highest BCUT2D eigenvalue weighted by atomic mass is 16.5. The molecule has 3 heteroatoms. The molecule has 0 aromatic heterocycles. The third-order valence-electron chi connectivity index (χ3n) is 2.76. The van der Waals surface area contributed by atoms with Gasteiger partial charge in [0.15, 0.2) is 0 Å². The van der Waals surface area contributed by atoms with E-state index in [2.05, 4.69) is 0 Å². The molecule has 90 valence electrons. The van der Waals surface area contributed by atoms with Gasteiger partial charge in [0, 0.05) is 12.5 Å². The van der Waals surface area contributed by atoms with Gasteiger partial charge in [0.2, 0.25) is 0 Å². The highest BCUT2D eigenvalue weighted by molar-refractivity contribution is 5.26.